The Morgan fingerprint density at radius 2 is 2.00 bits per heavy atom. The molecule has 0 aliphatic heterocycles. The molecule has 0 bridgehead atoms. The number of halogens is 2. The van der Waals surface area contributed by atoms with E-state index in [1.807, 2.05) is 0 Å². The summed E-state index contributed by atoms with van der Waals surface area (Å²) >= 11 is 3.14. The zero-order chi connectivity index (χ0) is 10.8. The summed E-state index contributed by atoms with van der Waals surface area (Å²) in [6.45, 7) is 0. The van der Waals surface area contributed by atoms with E-state index in [0.717, 1.165) is 18.5 Å². The number of rotatable bonds is 2. The molecular formula is C11H12BrFN2. The summed E-state index contributed by atoms with van der Waals surface area (Å²) in [4.78, 5) is 0. The van der Waals surface area contributed by atoms with Crippen molar-refractivity contribution in [3.05, 3.63) is 34.6 Å². The van der Waals surface area contributed by atoms with Crippen molar-refractivity contribution in [3.8, 4) is 0 Å². The fourth-order valence-electron chi connectivity index (χ4n) is 1.64. The predicted molar refractivity (Wildman–Crippen MR) is 64.3 cm³/mol. The van der Waals surface area contributed by atoms with Crippen molar-refractivity contribution in [2.24, 2.45) is 0 Å². The zero-order valence-corrected chi connectivity index (χ0v) is 9.72. The highest BCUT2D eigenvalue weighted by Gasteiger charge is 2.12. The third-order valence-corrected chi connectivity index (χ3v) is 3.07. The van der Waals surface area contributed by atoms with Crippen LogP contribution in [0.2, 0.25) is 0 Å². The van der Waals surface area contributed by atoms with Crippen LogP contribution in [0.5, 0.6) is 0 Å². The van der Waals surface area contributed by atoms with E-state index in [0.29, 0.717) is 16.2 Å². The normalized spacial score (nSPS) is 15.9. The first-order valence-electron chi connectivity index (χ1n) is 4.83. The molecule has 0 radical (unpaired) electrons. The van der Waals surface area contributed by atoms with Crippen LogP contribution in [0.15, 0.2) is 28.8 Å². The van der Waals surface area contributed by atoms with Gasteiger partial charge in [-0.2, -0.15) is 0 Å². The van der Waals surface area contributed by atoms with Crippen molar-refractivity contribution in [1.82, 2.24) is 0 Å². The fraction of sp³-hybridized carbons (Fsp3) is 0.273. The van der Waals surface area contributed by atoms with E-state index in [-0.39, 0.29) is 5.82 Å². The van der Waals surface area contributed by atoms with Crippen LogP contribution in [0.25, 0.3) is 0 Å². The molecule has 0 amide bonds. The standard InChI is InChI=1S/C11H12BrFN2/c12-8-5-11(10(14)6-9(8)13)15-7-3-1-2-4-7/h1-2,5-7,15H,3-4,14H2. The van der Waals surface area contributed by atoms with E-state index in [4.69, 9.17) is 5.73 Å². The lowest BCUT2D eigenvalue weighted by Crippen LogP contribution is -2.16. The van der Waals surface area contributed by atoms with Crippen LogP contribution < -0.4 is 11.1 Å². The van der Waals surface area contributed by atoms with Crippen LogP contribution in [0.1, 0.15) is 12.8 Å². The monoisotopic (exact) mass is 270 g/mol. The highest BCUT2D eigenvalue weighted by Crippen LogP contribution is 2.28. The molecule has 0 aromatic heterocycles. The highest BCUT2D eigenvalue weighted by molar-refractivity contribution is 9.10. The van der Waals surface area contributed by atoms with Crippen molar-refractivity contribution >= 4 is 27.3 Å². The summed E-state index contributed by atoms with van der Waals surface area (Å²) in [6.07, 6.45) is 6.25. The molecule has 0 spiro atoms. The molecule has 1 aromatic carbocycles. The molecule has 3 N–H and O–H groups in total. The van der Waals surface area contributed by atoms with Gasteiger partial charge in [-0.1, -0.05) is 12.2 Å². The maximum absolute atomic E-state index is 13.1. The highest BCUT2D eigenvalue weighted by atomic mass is 79.9. The van der Waals surface area contributed by atoms with Gasteiger partial charge in [0.25, 0.3) is 0 Å². The van der Waals surface area contributed by atoms with E-state index in [9.17, 15) is 4.39 Å². The van der Waals surface area contributed by atoms with Crippen LogP contribution in [-0.2, 0) is 0 Å². The molecule has 0 heterocycles. The minimum absolute atomic E-state index is 0.331. The molecule has 2 nitrogen and oxygen atoms in total. The Balaban J connectivity index is 2.17. The SMILES string of the molecule is Nc1cc(F)c(Br)cc1NC1CC=CC1. The lowest BCUT2D eigenvalue weighted by Gasteiger charge is -2.16. The molecule has 1 aromatic rings. The molecule has 1 aliphatic rings. The maximum Gasteiger partial charge on any atom is 0.139 e. The van der Waals surface area contributed by atoms with Gasteiger partial charge in [-0.3, -0.25) is 0 Å². The second-order valence-corrected chi connectivity index (χ2v) is 4.49. The van der Waals surface area contributed by atoms with Gasteiger partial charge in [-0.25, -0.2) is 4.39 Å². The third-order valence-electron chi connectivity index (χ3n) is 2.46. The van der Waals surface area contributed by atoms with Gasteiger partial charge >= 0.3 is 0 Å². The lowest BCUT2D eigenvalue weighted by atomic mass is 10.2. The average molecular weight is 271 g/mol. The Morgan fingerprint density at radius 1 is 1.33 bits per heavy atom. The Morgan fingerprint density at radius 3 is 2.67 bits per heavy atom. The number of hydrogen-bond donors (Lipinski definition) is 2. The number of nitrogen functional groups attached to an aromatic ring is 1. The minimum atomic E-state index is -0.331. The molecule has 15 heavy (non-hydrogen) atoms. The number of nitrogens with one attached hydrogen (secondary N) is 1. The van der Waals surface area contributed by atoms with Crippen molar-refractivity contribution in [2.75, 3.05) is 11.1 Å². The van der Waals surface area contributed by atoms with Crippen molar-refractivity contribution in [1.29, 1.82) is 0 Å². The van der Waals surface area contributed by atoms with E-state index >= 15 is 0 Å². The van der Waals surface area contributed by atoms with Gasteiger partial charge in [0.1, 0.15) is 5.82 Å². The van der Waals surface area contributed by atoms with Gasteiger partial charge in [0, 0.05) is 12.1 Å². The van der Waals surface area contributed by atoms with Gasteiger partial charge < -0.3 is 11.1 Å². The summed E-state index contributed by atoms with van der Waals surface area (Å²) in [5.41, 5.74) is 6.96. The molecule has 0 saturated carbocycles. The second-order valence-electron chi connectivity index (χ2n) is 3.64. The molecule has 4 heteroatoms. The van der Waals surface area contributed by atoms with Crippen molar-refractivity contribution < 1.29 is 4.39 Å². The fourth-order valence-corrected chi connectivity index (χ4v) is 1.99. The minimum Gasteiger partial charge on any atom is -0.397 e. The van der Waals surface area contributed by atoms with E-state index in [1.54, 1.807) is 6.07 Å². The van der Waals surface area contributed by atoms with Gasteiger partial charge in [0.2, 0.25) is 0 Å². The first kappa shape index (κ1) is 10.5. The molecule has 0 unspecified atom stereocenters. The lowest BCUT2D eigenvalue weighted by molar-refractivity contribution is 0.622. The summed E-state index contributed by atoms with van der Waals surface area (Å²) in [6, 6.07) is 3.39. The Kier molecular flexibility index (Phi) is 2.95. The summed E-state index contributed by atoms with van der Waals surface area (Å²) < 4.78 is 13.5. The van der Waals surface area contributed by atoms with Crippen LogP contribution >= 0.6 is 15.9 Å². The zero-order valence-electron chi connectivity index (χ0n) is 8.13. The Hall–Kier alpha value is -1.03. The van der Waals surface area contributed by atoms with Crippen LogP contribution in [0.4, 0.5) is 15.8 Å². The molecule has 2 rings (SSSR count). The summed E-state index contributed by atoms with van der Waals surface area (Å²) in [5.74, 6) is -0.331. The van der Waals surface area contributed by atoms with E-state index < -0.39 is 0 Å². The predicted octanol–water partition coefficient (Wildman–Crippen LogP) is 3.30. The summed E-state index contributed by atoms with van der Waals surface area (Å²) in [7, 11) is 0. The molecule has 0 saturated heterocycles. The largest absolute Gasteiger partial charge is 0.397 e. The topological polar surface area (TPSA) is 38.0 Å². The Labute approximate surface area is 96.5 Å². The van der Waals surface area contributed by atoms with Crippen molar-refractivity contribution in [2.45, 2.75) is 18.9 Å². The molecule has 80 valence electrons. The molecule has 0 atom stereocenters. The smallest absolute Gasteiger partial charge is 0.139 e. The first-order valence-corrected chi connectivity index (χ1v) is 5.62. The van der Waals surface area contributed by atoms with Crippen LogP contribution in [0, 0.1) is 5.82 Å². The van der Waals surface area contributed by atoms with E-state index in [1.165, 1.54) is 6.07 Å². The quantitative estimate of drug-likeness (QED) is 0.639. The third kappa shape index (κ3) is 2.31. The molecule has 0 fully saturated rings. The Bertz CT molecular complexity index is 396. The van der Waals surface area contributed by atoms with Gasteiger partial charge in [-0.05, 0) is 34.8 Å². The number of anilines is 2. The number of benzene rings is 1. The van der Waals surface area contributed by atoms with Crippen LogP contribution in [-0.4, -0.2) is 6.04 Å². The van der Waals surface area contributed by atoms with Crippen LogP contribution in [0.3, 0.4) is 0 Å². The maximum atomic E-state index is 13.1. The molecular weight excluding hydrogens is 259 g/mol. The average Bonchev–Trinajstić information content (AvgIpc) is 2.67. The van der Waals surface area contributed by atoms with Gasteiger partial charge in [-0.15, -0.1) is 0 Å². The van der Waals surface area contributed by atoms with Gasteiger partial charge in [0.15, 0.2) is 0 Å². The van der Waals surface area contributed by atoms with Crippen molar-refractivity contribution in [3.63, 3.8) is 0 Å². The van der Waals surface area contributed by atoms with E-state index in [2.05, 4.69) is 33.4 Å². The summed E-state index contributed by atoms with van der Waals surface area (Å²) in [5, 5.41) is 3.29. The number of nitrogens with two attached hydrogens (primary N) is 1. The second kappa shape index (κ2) is 4.23. The molecule has 1 aliphatic carbocycles. The van der Waals surface area contributed by atoms with Gasteiger partial charge in [0.05, 0.1) is 15.8 Å². The first-order chi connectivity index (χ1) is 7.16. The number of hydrogen-bond acceptors (Lipinski definition) is 2.